The van der Waals surface area contributed by atoms with Gasteiger partial charge in [-0.25, -0.2) is 12.8 Å². The van der Waals surface area contributed by atoms with Crippen molar-refractivity contribution in [1.29, 1.82) is 0 Å². The Hall–Kier alpha value is -2.14. The Morgan fingerprint density at radius 3 is 2.74 bits per heavy atom. The van der Waals surface area contributed by atoms with Gasteiger partial charge >= 0.3 is 0 Å². The minimum Gasteiger partial charge on any atom is -0.495 e. The predicted molar refractivity (Wildman–Crippen MR) is 115 cm³/mol. The lowest BCUT2D eigenvalue weighted by atomic mass is 10.0. The van der Waals surface area contributed by atoms with Crippen molar-refractivity contribution in [2.24, 2.45) is 0 Å². The molecule has 1 amide bonds. The van der Waals surface area contributed by atoms with Gasteiger partial charge in [-0.2, -0.15) is 4.31 Å². The molecule has 0 saturated carbocycles. The minimum absolute atomic E-state index is 0.0600. The number of morpholine rings is 1. The van der Waals surface area contributed by atoms with E-state index < -0.39 is 15.9 Å². The van der Waals surface area contributed by atoms with Crippen molar-refractivity contribution in [3.63, 3.8) is 0 Å². The Bertz CT molecular complexity index is 1090. The van der Waals surface area contributed by atoms with Crippen molar-refractivity contribution in [2.45, 2.75) is 22.3 Å². The highest BCUT2D eigenvalue weighted by Crippen LogP contribution is 2.37. The smallest absolute Gasteiger partial charge is 0.251 e. The maximum atomic E-state index is 13.8. The van der Waals surface area contributed by atoms with Crippen LogP contribution in [0.2, 0.25) is 0 Å². The lowest BCUT2D eigenvalue weighted by Gasteiger charge is -2.27. The number of hydrogen-bond donors (Lipinski definition) is 1. The Morgan fingerprint density at radius 1 is 1.23 bits per heavy atom. The molecule has 0 aliphatic carbocycles. The standard InChI is InChI=1S/C21H23FN2O5S2/c1-28-18-4-2-14(12-20(18)31(26,27)24-7-9-29-10-8-24)21(25)23-17-6-11-30-19-5-3-15(22)13-16(17)19/h2-5,12-13,17H,6-11H2,1H3,(H,23,25)/t17-/m1/s1. The highest BCUT2D eigenvalue weighted by atomic mass is 32.2. The molecule has 7 nitrogen and oxygen atoms in total. The second-order valence-electron chi connectivity index (χ2n) is 7.23. The number of thioether (sulfide) groups is 1. The number of benzene rings is 2. The molecule has 1 saturated heterocycles. The highest BCUT2D eigenvalue weighted by molar-refractivity contribution is 7.99. The number of nitrogens with one attached hydrogen (secondary N) is 1. The average molecular weight is 467 g/mol. The van der Waals surface area contributed by atoms with E-state index in [1.165, 1.54) is 41.7 Å². The molecule has 0 spiro atoms. The minimum atomic E-state index is -3.85. The first-order chi connectivity index (χ1) is 14.9. The van der Waals surface area contributed by atoms with E-state index in [4.69, 9.17) is 9.47 Å². The van der Waals surface area contributed by atoms with Gasteiger partial charge in [-0.3, -0.25) is 4.79 Å². The Morgan fingerprint density at radius 2 is 2.00 bits per heavy atom. The highest BCUT2D eigenvalue weighted by Gasteiger charge is 2.31. The van der Waals surface area contributed by atoms with Crippen LogP contribution in [0.5, 0.6) is 5.75 Å². The third-order valence-electron chi connectivity index (χ3n) is 5.33. The van der Waals surface area contributed by atoms with Gasteiger partial charge in [0, 0.05) is 29.3 Å². The maximum Gasteiger partial charge on any atom is 0.251 e. The monoisotopic (exact) mass is 466 g/mol. The number of sulfonamides is 1. The van der Waals surface area contributed by atoms with Gasteiger partial charge < -0.3 is 14.8 Å². The molecular formula is C21H23FN2O5S2. The molecule has 0 aromatic heterocycles. The average Bonchev–Trinajstić information content (AvgIpc) is 2.79. The number of hydrogen-bond acceptors (Lipinski definition) is 6. The van der Waals surface area contributed by atoms with E-state index in [1.807, 2.05) is 0 Å². The summed E-state index contributed by atoms with van der Waals surface area (Å²) in [5.41, 5.74) is 0.933. The normalized spacial score (nSPS) is 19.5. The molecule has 1 N–H and O–H groups in total. The molecule has 2 aliphatic heterocycles. The van der Waals surface area contributed by atoms with Crippen LogP contribution in [0.3, 0.4) is 0 Å². The maximum absolute atomic E-state index is 13.8. The Kier molecular flexibility index (Phi) is 6.52. The summed E-state index contributed by atoms with van der Waals surface area (Å²) < 4.78 is 51.9. The van der Waals surface area contributed by atoms with E-state index in [2.05, 4.69) is 5.32 Å². The van der Waals surface area contributed by atoms with Crippen LogP contribution in [0.4, 0.5) is 4.39 Å². The number of carbonyl (C=O) groups excluding carboxylic acids is 1. The van der Waals surface area contributed by atoms with Crippen LogP contribution in [-0.4, -0.2) is 57.8 Å². The fourth-order valence-corrected chi connectivity index (χ4v) is 6.40. The van der Waals surface area contributed by atoms with Crippen molar-refractivity contribution < 1.29 is 27.1 Å². The zero-order valence-electron chi connectivity index (χ0n) is 17.0. The van der Waals surface area contributed by atoms with Crippen LogP contribution in [0.15, 0.2) is 46.2 Å². The van der Waals surface area contributed by atoms with Gasteiger partial charge in [0.2, 0.25) is 10.0 Å². The first-order valence-corrected chi connectivity index (χ1v) is 12.3. The van der Waals surface area contributed by atoms with Gasteiger partial charge in [-0.1, -0.05) is 0 Å². The van der Waals surface area contributed by atoms with Crippen molar-refractivity contribution in [2.75, 3.05) is 39.2 Å². The van der Waals surface area contributed by atoms with E-state index in [0.717, 1.165) is 16.2 Å². The number of carbonyl (C=O) groups is 1. The molecule has 10 heteroatoms. The fourth-order valence-electron chi connectivity index (χ4n) is 3.70. The molecule has 2 aliphatic rings. The first kappa shape index (κ1) is 22.1. The van der Waals surface area contributed by atoms with Gasteiger partial charge in [0.1, 0.15) is 16.5 Å². The Labute approximate surface area is 185 Å². The topological polar surface area (TPSA) is 84.9 Å². The molecule has 2 heterocycles. The lowest BCUT2D eigenvalue weighted by Crippen LogP contribution is -2.40. The first-order valence-electron chi connectivity index (χ1n) is 9.89. The van der Waals surface area contributed by atoms with Crippen LogP contribution in [0, 0.1) is 5.82 Å². The summed E-state index contributed by atoms with van der Waals surface area (Å²) in [5.74, 6) is 0.185. The molecule has 166 valence electrons. The van der Waals surface area contributed by atoms with E-state index in [0.29, 0.717) is 19.6 Å². The molecule has 0 unspecified atom stereocenters. The van der Waals surface area contributed by atoms with Crippen LogP contribution in [0.1, 0.15) is 28.4 Å². The summed E-state index contributed by atoms with van der Waals surface area (Å²) in [5, 5.41) is 2.93. The number of nitrogens with zero attached hydrogens (tertiary/aromatic N) is 1. The Balaban J connectivity index is 1.62. The number of amides is 1. The summed E-state index contributed by atoms with van der Waals surface area (Å²) in [4.78, 5) is 13.9. The number of fused-ring (bicyclic) bond motifs is 1. The summed E-state index contributed by atoms with van der Waals surface area (Å²) in [6.07, 6.45) is 0.655. The zero-order valence-corrected chi connectivity index (χ0v) is 18.6. The summed E-state index contributed by atoms with van der Waals surface area (Å²) in [6, 6.07) is 8.55. The lowest BCUT2D eigenvalue weighted by molar-refractivity contribution is 0.0729. The zero-order chi connectivity index (χ0) is 22.0. The molecule has 1 atom stereocenters. The molecule has 0 bridgehead atoms. The molecule has 4 rings (SSSR count). The quantitative estimate of drug-likeness (QED) is 0.730. The molecule has 31 heavy (non-hydrogen) atoms. The van der Waals surface area contributed by atoms with Crippen molar-refractivity contribution in [1.82, 2.24) is 9.62 Å². The van der Waals surface area contributed by atoms with Gasteiger partial charge in [0.25, 0.3) is 5.91 Å². The number of methoxy groups -OCH3 is 1. The number of halogens is 1. The molecule has 2 aromatic carbocycles. The van der Waals surface area contributed by atoms with Crippen LogP contribution < -0.4 is 10.1 Å². The van der Waals surface area contributed by atoms with E-state index in [-0.39, 0.29) is 41.2 Å². The van der Waals surface area contributed by atoms with Gasteiger partial charge in [-0.15, -0.1) is 11.8 Å². The summed E-state index contributed by atoms with van der Waals surface area (Å²) in [7, 11) is -2.47. The van der Waals surface area contributed by atoms with E-state index in [1.54, 1.807) is 17.8 Å². The molecule has 1 fully saturated rings. The molecular weight excluding hydrogens is 443 g/mol. The fraction of sp³-hybridized carbons (Fsp3) is 0.381. The largest absolute Gasteiger partial charge is 0.495 e. The van der Waals surface area contributed by atoms with Crippen LogP contribution in [-0.2, 0) is 14.8 Å². The van der Waals surface area contributed by atoms with Gasteiger partial charge in [0.05, 0.1) is 26.4 Å². The van der Waals surface area contributed by atoms with Crippen LogP contribution in [0.25, 0.3) is 0 Å². The summed E-state index contributed by atoms with van der Waals surface area (Å²) in [6.45, 7) is 1.11. The third-order valence-corrected chi connectivity index (χ3v) is 8.37. The van der Waals surface area contributed by atoms with E-state index in [9.17, 15) is 17.6 Å². The van der Waals surface area contributed by atoms with Gasteiger partial charge in [0.15, 0.2) is 0 Å². The van der Waals surface area contributed by atoms with Crippen molar-refractivity contribution >= 4 is 27.7 Å². The SMILES string of the molecule is COc1ccc(C(=O)N[C@@H]2CCSc3ccc(F)cc32)cc1S(=O)(=O)N1CCOCC1. The number of ether oxygens (including phenoxy) is 2. The van der Waals surface area contributed by atoms with E-state index >= 15 is 0 Å². The predicted octanol–water partition coefficient (Wildman–Crippen LogP) is 2.82. The van der Waals surface area contributed by atoms with Gasteiger partial charge in [-0.05, 0) is 48.4 Å². The second kappa shape index (κ2) is 9.15. The third kappa shape index (κ3) is 4.57. The van der Waals surface area contributed by atoms with Crippen molar-refractivity contribution in [3.8, 4) is 5.75 Å². The van der Waals surface area contributed by atoms with Crippen LogP contribution >= 0.6 is 11.8 Å². The molecule has 2 aromatic rings. The second-order valence-corrected chi connectivity index (χ2v) is 10.3. The molecule has 0 radical (unpaired) electrons. The van der Waals surface area contributed by atoms with Crippen molar-refractivity contribution in [3.05, 3.63) is 53.3 Å². The summed E-state index contributed by atoms with van der Waals surface area (Å²) >= 11 is 1.62. The number of rotatable bonds is 5.